The molecule has 13 nitrogen and oxygen atoms in total. The summed E-state index contributed by atoms with van der Waals surface area (Å²) in [5.41, 5.74) is 22.5. The number of carboxylic acid groups (broad SMARTS) is 3. The summed E-state index contributed by atoms with van der Waals surface area (Å²) in [4.78, 5) is 36.1. The standard InChI is InChI=1S/C88H84O13/c1-47-34-71(51(5)55(9)81(47)89)79(72-35-48(2)82(90)56(10)52(72)6)75-40-62(24-32-77(75)99-44-59-18-26-65(27-19-59)86(93)94)38-69-42-68(64-16-14-13-15-17-64)43-70(85(69)101-46-61-22-30-67(31-23-61)88(97)98)39-63-25-33-78(100-45-60-20-28-66(29-21-60)87(95)96)76(41-63)80(73-36-49(3)83(91)57(11)53(73)7)74-37-50(4)84(92)58(12)54(74)8/h13-37,40-43,79-80,89-92H,38-39,44-46H2,1-12H3,(H,93,94)(H,95,96)(H,97,98). The molecule has 0 spiro atoms. The summed E-state index contributed by atoms with van der Waals surface area (Å²) in [6, 6.07) is 54.8. The topological polar surface area (TPSA) is 221 Å². The van der Waals surface area contributed by atoms with E-state index in [2.05, 4.69) is 36.4 Å². The van der Waals surface area contributed by atoms with Crippen LogP contribution in [0.25, 0.3) is 11.1 Å². The van der Waals surface area contributed by atoms with Crippen molar-refractivity contribution in [2.24, 2.45) is 0 Å². The first kappa shape index (κ1) is 70.7. The van der Waals surface area contributed by atoms with Crippen molar-refractivity contribution in [1.29, 1.82) is 0 Å². The number of phenols is 4. The molecule has 11 aromatic carbocycles. The van der Waals surface area contributed by atoms with Gasteiger partial charge in [0.25, 0.3) is 0 Å². The number of benzene rings is 11. The number of hydrogen-bond donors (Lipinski definition) is 7. The summed E-state index contributed by atoms with van der Waals surface area (Å²) in [6.07, 6.45) is 0.643. The molecule has 0 aliphatic rings. The first-order chi connectivity index (χ1) is 48.2. The lowest BCUT2D eigenvalue weighted by atomic mass is 9.77. The predicted molar refractivity (Wildman–Crippen MR) is 395 cm³/mol. The van der Waals surface area contributed by atoms with Crippen molar-refractivity contribution in [3.05, 3.63) is 332 Å². The first-order valence-electron chi connectivity index (χ1n) is 33.7. The van der Waals surface area contributed by atoms with Crippen molar-refractivity contribution in [3.8, 4) is 51.4 Å². The number of aromatic carboxylic acids is 3. The molecule has 0 atom stereocenters. The van der Waals surface area contributed by atoms with Crippen LogP contribution in [0.1, 0.15) is 182 Å². The molecule has 11 aromatic rings. The van der Waals surface area contributed by atoms with Gasteiger partial charge in [-0.25, -0.2) is 14.4 Å². The van der Waals surface area contributed by atoms with Crippen LogP contribution in [-0.4, -0.2) is 53.7 Å². The minimum absolute atomic E-state index is 0.0704. The quantitative estimate of drug-likeness (QED) is 0.0297. The van der Waals surface area contributed by atoms with Gasteiger partial charge in [0.15, 0.2) is 0 Å². The third-order valence-corrected chi connectivity index (χ3v) is 20.3. The van der Waals surface area contributed by atoms with Gasteiger partial charge in [-0.3, -0.25) is 0 Å². The molecule has 13 heteroatoms. The van der Waals surface area contributed by atoms with Gasteiger partial charge < -0.3 is 50.0 Å². The Balaban J connectivity index is 1.14. The van der Waals surface area contributed by atoms with E-state index in [1.165, 1.54) is 0 Å². The van der Waals surface area contributed by atoms with Gasteiger partial charge in [0.1, 0.15) is 60.1 Å². The molecule has 11 rings (SSSR count). The predicted octanol–water partition coefficient (Wildman–Crippen LogP) is 19.3. The van der Waals surface area contributed by atoms with Crippen LogP contribution < -0.4 is 14.2 Å². The number of rotatable bonds is 23. The van der Waals surface area contributed by atoms with Gasteiger partial charge in [-0.05, 0) is 283 Å². The number of aromatic hydroxyl groups is 4. The molecule has 0 saturated carbocycles. The molecular weight excluding hydrogens is 1260 g/mol. The fourth-order valence-corrected chi connectivity index (χ4v) is 13.9. The Bertz CT molecular complexity index is 4640. The van der Waals surface area contributed by atoms with E-state index in [1.54, 1.807) is 72.8 Å². The van der Waals surface area contributed by atoms with Crippen LogP contribution in [0.3, 0.4) is 0 Å². The van der Waals surface area contributed by atoms with E-state index < -0.39 is 29.7 Å². The van der Waals surface area contributed by atoms with Crippen LogP contribution in [0.15, 0.2) is 176 Å². The number of hydrogen-bond acceptors (Lipinski definition) is 10. The molecule has 0 unspecified atom stereocenters. The molecular formula is C88H84O13. The summed E-state index contributed by atoms with van der Waals surface area (Å²) in [6.45, 7) is 23.5. The highest BCUT2D eigenvalue weighted by molar-refractivity contribution is 5.88. The Hall–Kier alpha value is -11.6. The molecule has 0 aliphatic carbocycles. The van der Waals surface area contributed by atoms with Crippen LogP contribution in [-0.2, 0) is 32.7 Å². The van der Waals surface area contributed by atoms with Gasteiger partial charge in [-0.1, -0.05) is 115 Å². The second kappa shape index (κ2) is 29.5. The highest BCUT2D eigenvalue weighted by Gasteiger charge is 2.32. The zero-order valence-corrected chi connectivity index (χ0v) is 59.0. The molecule has 0 fully saturated rings. The normalized spacial score (nSPS) is 11.3. The van der Waals surface area contributed by atoms with E-state index in [0.29, 0.717) is 52.3 Å². The van der Waals surface area contributed by atoms with Gasteiger partial charge in [0.05, 0.1) is 16.7 Å². The van der Waals surface area contributed by atoms with E-state index >= 15 is 0 Å². The van der Waals surface area contributed by atoms with Crippen molar-refractivity contribution in [2.45, 2.75) is 128 Å². The fraction of sp³-hybridized carbons (Fsp3) is 0.216. The van der Waals surface area contributed by atoms with Crippen molar-refractivity contribution in [3.63, 3.8) is 0 Å². The van der Waals surface area contributed by atoms with E-state index in [4.69, 9.17) is 14.2 Å². The second-order valence-electron chi connectivity index (χ2n) is 26.9. The SMILES string of the molecule is Cc1cc(C(c2cc(Cc3cc(-c4ccccc4)cc(Cc4ccc(OCc5ccc(C(=O)O)cc5)c(C(c5cc(C)c(O)c(C)c5C)c5cc(C)c(O)c(C)c5C)c4)c3OCc3ccc(C(=O)O)cc3)ccc2OCc2ccc(C(=O)O)cc2)c2cc(C)c(O)c(C)c2C)c(C)c(C)c1O. The highest BCUT2D eigenvalue weighted by Crippen LogP contribution is 2.49. The average Bonchev–Trinajstić information content (AvgIpc) is 0.759. The minimum Gasteiger partial charge on any atom is -0.507 e. The van der Waals surface area contributed by atoms with Crippen molar-refractivity contribution >= 4 is 17.9 Å². The second-order valence-corrected chi connectivity index (χ2v) is 26.9. The molecule has 0 radical (unpaired) electrons. The van der Waals surface area contributed by atoms with Crippen LogP contribution in [0, 0.1) is 83.1 Å². The summed E-state index contributed by atoms with van der Waals surface area (Å²) in [7, 11) is 0. The number of carbonyl (C=O) groups is 3. The highest BCUT2D eigenvalue weighted by atomic mass is 16.5. The van der Waals surface area contributed by atoms with E-state index in [9.17, 15) is 50.1 Å². The molecule has 0 saturated heterocycles. The van der Waals surface area contributed by atoms with Gasteiger partial charge in [0.2, 0.25) is 0 Å². The zero-order valence-electron chi connectivity index (χ0n) is 59.0. The largest absolute Gasteiger partial charge is 0.507 e. The smallest absolute Gasteiger partial charge is 0.335 e. The third-order valence-electron chi connectivity index (χ3n) is 20.3. The lowest BCUT2D eigenvalue weighted by Crippen LogP contribution is -2.13. The first-order valence-corrected chi connectivity index (χ1v) is 33.7. The number of phenolic OH excluding ortho intramolecular Hbond substituents is 4. The summed E-state index contributed by atoms with van der Waals surface area (Å²) in [5.74, 6) is -1.65. The van der Waals surface area contributed by atoms with Crippen LogP contribution in [0.4, 0.5) is 0 Å². The van der Waals surface area contributed by atoms with Crippen molar-refractivity contribution < 1.29 is 64.3 Å². The van der Waals surface area contributed by atoms with Gasteiger partial charge in [0, 0.05) is 35.8 Å². The molecule has 0 heterocycles. The lowest BCUT2D eigenvalue weighted by Gasteiger charge is -2.28. The van der Waals surface area contributed by atoms with Gasteiger partial charge in [-0.15, -0.1) is 0 Å². The summed E-state index contributed by atoms with van der Waals surface area (Å²) < 4.78 is 21.1. The van der Waals surface area contributed by atoms with Gasteiger partial charge >= 0.3 is 17.9 Å². The van der Waals surface area contributed by atoms with Crippen molar-refractivity contribution in [1.82, 2.24) is 0 Å². The summed E-state index contributed by atoms with van der Waals surface area (Å²) >= 11 is 0. The number of carboxylic acids is 3. The molecule has 7 N–H and O–H groups in total. The Morgan fingerprint density at radius 3 is 0.891 bits per heavy atom. The van der Waals surface area contributed by atoms with E-state index in [0.717, 1.165) is 128 Å². The Kier molecular flexibility index (Phi) is 20.6. The lowest BCUT2D eigenvalue weighted by molar-refractivity contribution is 0.0686. The molecule has 101 heavy (non-hydrogen) atoms. The molecule has 0 amide bonds. The maximum absolute atomic E-state index is 12.2. The minimum atomic E-state index is -1.05. The molecule has 0 bridgehead atoms. The third kappa shape index (κ3) is 14.8. The monoisotopic (exact) mass is 1350 g/mol. The van der Waals surface area contributed by atoms with Crippen LogP contribution in [0.2, 0.25) is 0 Å². The van der Waals surface area contributed by atoms with Crippen LogP contribution >= 0.6 is 0 Å². The Morgan fingerprint density at radius 1 is 0.307 bits per heavy atom. The van der Waals surface area contributed by atoms with Crippen LogP contribution in [0.5, 0.6) is 40.2 Å². The van der Waals surface area contributed by atoms with Crippen molar-refractivity contribution in [2.75, 3.05) is 0 Å². The van der Waals surface area contributed by atoms with E-state index in [-0.39, 0.29) is 59.5 Å². The average molecular weight is 1350 g/mol. The fourth-order valence-electron chi connectivity index (χ4n) is 13.9. The summed E-state index contributed by atoms with van der Waals surface area (Å²) in [5, 5.41) is 75.4. The Labute approximate surface area is 589 Å². The molecule has 514 valence electrons. The maximum Gasteiger partial charge on any atom is 0.335 e. The molecule has 0 aliphatic heterocycles. The molecule has 0 aromatic heterocycles. The van der Waals surface area contributed by atoms with E-state index in [1.807, 2.05) is 150 Å². The Morgan fingerprint density at radius 2 is 0.594 bits per heavy atom. The maximum atomic E-state index is 12.2. The van der Waals surface area contributed by atoms with Gasteiger partial charge in [-0.2, -0.15) is 0 Å². The number of ether oxygens (including phenoxy) is 3. The zero-order chi connectivity index (χ0) is 72.4. The number of aryl methyl sites for hydroxylation is 4.